The number of aromatic nitrogens is 1. The van der Waals surface area contributed by atoms with Crippen LogP contribution in [0.1, 0.15) is 42.1 Å². The molecule has 0 unspecified atom stereocenters. The summed E-state index contributed by atoms with van der Waals surface area (Å²) in [6.45, 7) is 4.83. The highest BCUT2D eigenvalue weighted by Gasteiger charge is 2.06. The summed E-state index contributed by atoms with van der Waals surface area (Å²) in [4.78, 5) is 16.3. The van der Waals surface area contributed by atoms with Gasteiger partial charge in [-0.05, 0) is 49.2 Å². The van der Waals surface area contributed by atoms with Gasteiger partial charge in [-0.1, -0.05) is 25.8 Å². The summed E-state index contributed by atoms with van der Waals surface area (Å²) in [6.07, 6.45) is 5.13. The van der Waals surface area contributed by atoms with Crippen molar-refractivity contribution in [1.82, 2.24) is 4.98 Å². The van der Waals surface area contributed by atoms with Gasteiger partial charge in [0.05, 0.1) is 6.61 Å². The van der Waals surface area contributed by atoms with Crippen LogP contribution >= 0.6 is 0 Å². The van der Waals surface area contributed by atoms with Crippen molar-refractivity contribution in [2.45, 2.75) is 33.1 Å². The minimum absolute atomic E-state index is 0.172. The van der Waals surface area contributed by atoms with Crippen LogP contribution in [0.3, 0.4) is 0 Å². The lowest BCUT2D eigenvalue weighted by Gasteiger charge is -2.07. The average Bonchev–Trinajstić information content (AvgIpc) is 2.54. The SMILES string of the molecule is CCCCCOc1ccc(C(=O)Nc2ccc(C)cn2)cc1. The van der Waals surface area contributed by atoms with E-state index in [2.05, 4.69) is 17.2 Å². The van der Waals surface area contributed by atoms with Gasteiger partial charge in [0.2, 0.25) is 0 Å². The fraction of sp³-hybridized carbons (Fsp3) is 0.333. The van der Waals surface area contributed by atoms with Gasteiger partial charge in [0.25, 0.3) is 5.91 Å². The number of pyridine rings is 1. The van der Waals surface area contributed by atoms with E-state index in [1.165, 1.54) is 12.8 Å². The summed E-state index contributed by atoms with van der Waals surface area (Å²) < 4.78 is 5.63. The lowest BCUT2D eigenvalue weighted by molar-refractivity contribution is 0.102. The van der Waals surface area contributed by atoms with Gasteiger partial charge in [-0.25, -0.2) is 4.98 Å². The van der Waals surface area contributed by atoms with Crippen molar-refractivity contribution in [2.24, 2.45) is 0 Å². The van der Waals surface area contributed by atoms with Crippen molar-refractivity contribution in [3.63, 3.8) is 0 Å². The highest BCUT2D eigenvalue weighted by molar-refractivity contribution is 6.03. The molecule has 2 aromatic rings. The standard InChI is InChI=1S/C18H22N2O2/c1-3-4-5-12-22-16-9-7-15(8-10-16)18(21)20-17-11-6-14(2)13-19-17/h6-11,13H,3-5,12H2,1-2H3,(H,19,20,21). The topological polar surface area (TPSA) is 51.2 Å². The highest BCUT2D eigenvalue weighted by Crippen LogP contribution is 2.14. The Hall–Kier alpha value is -2.36. The van der Waals surface area contributed by atoms with Crippen molar-refractivity contribution in [2.75, 3.05) is 11.9 Å². The molecule has 1 heterocycles. The van der Waals surface area contributed by atoms with Crippen LogP contribution in [-0.4, -0.2) is 17.5 Å². The van der Waals surface area contributed by atoms with Crippen LogP contribution in [0.15, 0.2) is 42.6 Å². The number of carbonyl (C=O) groups excluding carboxylic acids is 1. The van der Waals surface area contributed by atoms with E-state index in [1.807, 2.05) is 25.1 Å². The largest absolute Gasteiger partial charge is 0.494 e. The van der Waals surface area contributed by atoms with Gasteiger partial charge in [-0.3, -0.25) is 4.79 Å². The molecule has 0 aliphatic rings. The van der Waals surface area contributed by atoms with Crippen molar-refractivity contribution >= 4 is 11.7 Å². The molecule has 0 saturated carbocycles. The van der Waals surface area contributed by atoms with Crippen LogP contribution in [0.2, 0.25) is 0 Å². The van der Waals surface area contributed by atoms with Crippen LogP contribution < -0.4 is 10.1 Å². The third-order valence-electron chi connectivity index (χ3n) is 3.29. The third kappa shape index (κ3) is 4.88. The van der Waals surface area contributed by atoms with Gasteiger partial charge >= 0.3 is 0 Å². The minimum Gasteiger partial charge on any atom is -0.494 e. The Labute approximate surface area is 131 Å². The number of nitrogens with zero attached hydrogens (tertiary/aromatic N) is 1. The lowest BCUT2D eigenvalue weighted by atomic mass is 10.2. The molecule has 4 nitrogen and oxygen atoms in total. The maximum absolute atomic E-state index is 12.1. The number of hydrogen-bond acceptors (Lipinski definition) is 3. The smallest absolute Gasteiger partial charge is 0.256 e. The Morgan fingerprint density at radius 3 is 2.55 bits per heavy atom. The predicted molar refractivity (Wildman–Crippen MR) is 88.4 cm³/mol. The second-order valence-corrected chi connectivity index (χ2v) is 5.25. The van der Waals surface area contributed by atoms with Crippen LogP contribution in [0.5, 0.6) is 5.75 Å². The van der Waals surface area contributed by atoms with Gasteiger partial charge in [0.15, 0.2) is 0 Å². The van der Waals surface area contributed by atoms with Crippen LogP contribution in [0, 0.1) is 6.92 Å². The van der Waals surface area contributed by atoms with E-state index >= 15 is 0 Å². The second-order valence-electron chi connectivity index (χ2n) is 5.25. The van der Waals surface area contributed by atoms with Gasteiger partial charge in [0, 0.05) is 11.8 Å². The quantitative estimate of drug-likeness (QED) is 0.779. The molecule has 0 saturated heterocycles. The predicted octanol–water partition coefficient (Wildman–Crippen LogP) is 4.21. The summed E-state index contributed by atoms with van der Waals surface area (Å²) >= 11 is 0. The summed E-state index contributed by atoms with van der Waals surface area (Å²) in [5, 5.41) is 2.77. The molecule has 22 heavy (non-hydrogen) atoms. The molecule has 116 valence electrons. The first-order valence-corrected chi connectivity index (χ1v) is 7.66. The van der Waals surface area contributed by atoms with Gasteiger partial charge in [-0.2, -0.15) is 0 Å². The number of unbranched alkanes of at least 4 members (excludes halogenated alkanes) is 2. The number of rotatable bonds is 7. The maximum atomic E-state index is 12.1. The molecule has 1 N–H and O–H groups in total. The van der Waals surface area contributed by atoms with E-state index in [4.69, 9.17) is 4.74 Å². The highest BCUT2D eigenvalue weighted by atomic mass is 16.5. The number of anilines is 1. The minimum atomic E-state index is -0.172. The molecule has 1 aromatic carbocycles. The zero-order valence-electron chi connectivity index (χ0n) is 13.1. The van der Waals surface area contributed by atoms with Crippen molar-refractivity contribution in [1.29, 1.82) is 0 Å². The zero-order chi connectivity index (χ0) is 15.8. The third-order valence-corrected chi connectivity index (χ3v) is 3.29. The normalized spacial score (nSPS) is 10.3. The number of ether oxygens (including phenoxy) is 1. The fourth-order valence-electron chi connectivity index (χ4n) is 1.97. The zero-order valence-corrected chi connectivity index (χ0v) is 13.1. The molecule has 4 heteroatoms. The molecule has 0 atom stereocenters. The van der Waals surface area contributed by atoms with E-state index in [0.29, 0.717) is 18.0 Å². The Morgan fingerprint density at radius 2 is 1.91 bits per heavy atom. The number of hydrogen-bond donors (Lipinski definition) is 1. The fourth-order valence-corrected chi connectivity index (χ4v) is 1.97. The molecule has 0 aliphatic carbocycles. The van der Waals surface area contributed by atoms with E-state index in [0.717, 1.165) is 17.7 Å². The number of carbonyl (C=O) groups is 1. The summed E-state index contributed by atoms with van der Waals surface area (Å²) in [6, 6.07) is 10.9. The summed E-state index contributed by atoms with van der Waals surface area (Å²) in [5.41, 5.74) is 1.64. The first kappa shape index (κ1) is 16.0. The Bertz CT molecular complexity index is 591. The molecule has 0 bridgehead atoms. The Kier molecular flexibility index (Phi) is 5.95. The van der Waals surface area contributed by atoms with E-state index < -0.39 is 0 Å². The molecular formula is C18H22N2O2. The molecule has 0 radical (unpaired) electrons. The van der Waals surface area contributed by atoms with Crippen molar-refractivity contribution in [3.05, 3.63) is 53.7 Å². The first-order valence-electron chi connectivity index (χ1n) is 7.66. The van der Waals surface area contributed by atoms with Gasteiger partial charge < -0.3 is 10.1 Å². The Morgan fingerprint density at radius 1 is 1.14 bits per heavy atom. The van der Waals surface area contributed by atoms with Crippen LogP contribution in [-0.2, 0) is 0 Å². The van der Waals surface area contributed by atoms with E-state index in [-0.39, 0.29) is 5.91 Å². The van der Waals surface area contributed by atoms with E-state index in [1.54, 1.807) is 24.4 Å². The first-order chi connectivity index (χ1) is 10.7. The van der Waals surface area contributed by atoms with Crippen molar-refractivity contribution < 1.29 is 9.53 Å². The average molecular weight is 298 g/mol. The number of amides is 1. The number of aryl methyl sites for hydroxylation is 1. The maximum Gasteiger partial charge on any atom is 0.256 e. The number of nitrogens with one attached hydrogen (secondary N) is 1. The molecule has 0 spiro atoms. The van der Waals surface area contributed by atoms with Gasteiger partial charge in [-0.15, -0.1) is 0 Å². The van der Waals surface area contributed by atoms with E-state index in [9.17, 15) is 4.79 Å². The monoisotopic (exact) mass is 298 g/mol. The van der Waals surface area contributed by atoms with Gasteiger partial charge in [0.1, 0.15) is 11.6 Å². The van der Waals surface area contributed by atoms with Crippen molar-refractivity contribution in [3.8, 4) is 5.75 Å². The molecular weight excluding hydrogens is 276 g/mol. The lowest BCUT2D eigenvalue weighted by Crippen LogP contribution is -2.12. The molecule has 1 amide bonds. The Balaban J connectivity index is 1.89. The molecule has 1 aromatic heterocycles. The molecule has 0 fully saturated rings. The number of benzene rings is 1. The van der Waals surface area contributed by atoms with Crippen LogP contribution in [0.25, 0.3) is 0 Å². The second kappa shape index (κ2) is 8.17. The summed E-state index contributed by atoms with van der Waals surface area (Å²) in [7, 11) is 0. The molecule has 0 aliphatic heterocycles. The summed E-state index contributed by atoms with van der Waals surface area (Å²) in [5.74, 6) is 1.17. The van der Waals surface area contributed by atoms with Crippen LogP contribution in [0.4, 0.5) is 5.82 Å². The molecule has 2 rings (SSSR count).